The van der Waals surface area contributed by atoms with E-state index < -0.39 is 6.10 Å². The minimum atomic E-state index is -0.589. The van der Waals surface area contributed by atoms with Crippen molar-refractivity contribution in [2.24, 2.45) is 5.73 Å². The SMILES string of the molecule is Cc1cc(C(O)C(CN)c2cccnc2)sc1Br. The lowest BCUT2D eigenvalue weighted by Gasteiger charge is -2.20. The average Bonchev–Trinajstić information content (AvgIpc) is 2.72. The zero-order valence-corrected chi connectivity index (χ0v) is 12.4. The van der Waals surface area contributed by atoms with E-state index in [1.54, 1.807) is 23.7 Å². The fourth-order valence-electron chi connectivity index (χ4n) is 1.87. The molecule has 2 rings (SSSR count). The molecule has 0 spiro atoms. The summed E-state index contributed by atoms with van der Waals surface area (Å²) in [7, 11) is 0. The third kappa shape index (κ3) is 2.80. The number of rotatable bonds is 4. The van der Waals surface area contributed by atoms with E-state index in [1.807, 2.05) is 25.1 Å². The van der Waals surface area contributed by atoms with Crippen LogP contribution >= 0.6 is 27.3 Å². The molecule has 0 saturated heterocycles. The van der Waals surface area contributed by atoms with Crippen LogP contribution in [0.25, 0.3) is 0 Å². The molecule has 2 aromatic rings. The molecular weight excluding hydrogens is 312 g/mol. The third-order valence-electron chi connectivity index (χ3n) is 2.92. The Morgan fingerprint density at radius 3 is 2.83 bits per heavy atom. The monoisotopic (exact) mass is 326 g/mol. The average molecular weight is 327 g/mol. The van der Waals surface area contributed by atoms with Crippen molar-refractivity contribution in [3.63, 3.8) is 0 Å². The van der Waals surface area contributed by atoms with E-state index in [2.05, 4.69) is 20.9 Å². The van der Waals surface area contributed by atoms with Crippen molar-refractivity contribution in [1.29, 1.82) is 0 Å². The molecule has 0 amide bonds. The van der Waals surface area contributed by atoms with Gasteiger partial charge in [-0.25, -0.2) is 0 Å². The normalized spacial score (nSPS) is 14.4. The quantitative estimate of drug-likeness (QED) is 0.908. The summed E-state index contributed by atoms with van der Waals surface area (Å²) in [6.45, 7) is 2.40. The van der Waals surface area contributed by atoms with Gasteiger partial charge in [0.1, 0.15) is 0 Å². The van der Waals surface area contributed by atoms with Crippen LogP contribution in [0, 0.1) is 6.92 Å². The van der Waals surface area contributed by atoms with E-state index in [4.69, 9.17) is 5.73 Å². The Balaban J connectivity index is 2.28. The molecule has 0 fully saturated rings. The first-order valence-corrected chi connectivity index (χ1v) is 7.28. The largest absolute Gasteiger partial charge is 0.387 e. The van der Waals surface area contributed by atoms with Gasteiger partial charge in [-0.3, -0.25) is 4.98 Å². The zero-order chi connectivity index (χ0) is 13.1. The summed E-state index contributed by atoms with van der Waals surface area (Å²) in [5.74, 6) is -0.122. The molecule has 0 saturated carbocycles. The molecule has 5 heteroatoms. The number of thiophene rings is 1. The molecule has 0 aromatic carbocycles. The van der Waals surface area contributed by atoms with Gasteiger partial charge in [-0.2, -0.15) is 0 Å². The van der Waals surface area contributed by atoms with Gasteiger partial charge < -0.3 is 10.8 Å². The van der Waals surface area contributed by atoms with Gasteiger partial charge in [-0.15, -0.1) is 11.3 Å². The molecule has 0 radical (unpaired) electrons. The summed E-state index contributed by atoms with van der Waals surface area (Å²) >= 11 is 5.03. The fourth-order valence-corrected chi connectivity index (χ4v) is 3.49. The van der Waals surface area contributed by atoms with Crippen LogP contribution < -0.4 is 5.73 Å². The number of nitrogens with zero attached hydrogens (tertiary/aromatic N) is 1. The highest BCUT2D eigenvalue weighted by atomic mass is 79.9. The number of aliphatic hydroxyl groups is 1. The Labute approximate surface area is 119 Å². The van der Waals surface area contributed by atoms with Crippen LogP contribution in [0.3, 0.4) is 0 Å². The Bertz CT molecular complexity index is 495. The number of aliphatic hydroxyl groups excluding tert-OH is 1. The van der Waals surface area contributed by atoms with E-state index in [1.165, 1.54) is 0 Å². The van der Waals surface area contributed by atoms with Crippen molar-refractivity contribution in [2.45, 2.75) is 18.9 Å². The van der Waals surface area contributed by atoms with Gasteiger partial charge in [0.05, 0.1) is 9.89 Å². The Hall–Kier alpha value is -0.750. The van der Waals surface area contributed by atoms with Crippen LogP contribution in [0.1, 0.15) is 28.0 Å². The lowest BCUT2D eigenvalue weighted by molar-refractivity contribution is 0.151. The predicted octanol–water partition coefficient (Wildman–Crippen LogP) is 2.99. The fraction of sp³-hybridized carbons (Fsp3) is 0.308. The summed E-state index contributed by atoms with van der Waals surface area (Å²) in [4.78, 5) is 5.01. The van der Waals surface area contributed by atoms with Crippen molar-refractivity contribution >= 4 is 27.3 Å². The van der Waals surface area contributed by atoms with Gasteiger partial charge in [0, 0.05) is 29.7 Å². The van der Waals surface area contributed by atoms with Crippen LogP contribution in [-0.2, 0) is 0 Å². The maximum atomic E-state index is 10.5. The van der Waals surface area contributed by atoms with Gasteiger partial charge in [0.2, 0.25) is 0 Å². The molecule has 0 aliphatic heterocycles. The van der Waals surface area contributed by atoms with Crippen LogP contribution in [-0.4, -0.2) is 16.6 Å². The highest BCUT2D eigenvalue weighted by Gasteiger charge is 2.23. The molecule has 96 valence electrons. The lowest BCUT2D eigenvalue weighted by atomic mass is 9.94. The maximum Gasteiger partial charge on any atom is 0.0963 e. The minimum absolute atomic E-state index is 0.122. The number of nitrogens with two attached hydrogens (primary N) is 1. The van der Waals surface area contributed by atoms with Gasteiger partial charge >= 0.3 is 0 Å². The number of hydrogen-bond donors (Lipinski definition) is 2. The second-order valence-electron chi connectivity index (χ2n) is 4.18. The molecule has 2 atom stereocenters. The summed E-state index contributed by atoms with van der Waals surface area (Å²) in [5, 5.41) is 10.5. The maximum absolute atomic E-state index is 10.5. The van der Waals surface area contributed by atoms with Gasteiger partial charge in [0.25, 0.3) is 0 Å². The summed E-state index contributed by atoms with van der Waals surface area (Å²) in [6.07, 6.45) is 2.89. The molecule has 2 aromatic heterocycles. The van der Waals surface area contributed by atoms with Gasteiger partial charge in [-0.05, 0) is 46.1 Å². The van der Waals surface area contributed by atoms with E-state index in [-0.39, 0.29) is 5.92 Å². The van der Waals surface area contributed by atoms with Crippen LogP contribution in [0.5, 0.6) is 0 Å². The number of aryl methyl sites for hydroxylation is 1. The standard InChI is InChI=1S/C13H15BrN2OS/c1-8-5-11(18-13(8)14)12(17)10(6-15)9-3-2-4-16-7-9/h2-5,7,10,12,17H,6,15H2,1H3. The summed E-state index contributed by atoms with van der Waals surface area (Å²) < 4.78 is 1.05. The topological polar surface area (TPSA) is 59.1 Å². The van der Waals surface area contributed by atoms with Crippen LogP contribution in [0.15, 0.2) is 34.4 Å². The first-order valence-electron chi connectivity index (χ1n) is 5.67. The summed E-state index contributed by atoms with van der Waals surface area (Å²) in [5.41, 5.74) is 7.90. The Morgan fingerprint density at radius 1 is 1.56 bits per heavy atom. The van der Waals surface area contributed by atoms with E-state index in [0.717, 1.165) is 19.8 Å². The second kappa shape index (κ2) is 5.93. The number of pyridine rings is 1. The first kappa shape index (κ1) is 13.7. The molecule has 3 nitrogen and oxygen atoms in total. The minimum Gasteiger partial charge on any atom is -0.387 e. The van der Waals surface area contributed by atoms with Crippen molar-refractivity contribution in [3.05, 3.63) is 50.4 Å². The van der Waals surface area contributed by atoms with E-state index in [0.29, 0.717) is 6.54 Å². The number of aromatic nitrogens is 1. The smallest absolute Gasteiger partial charge is 0.0963 e. The summed E-state index contributed by atoms with van der Waals surface area (Å²) in [6, 6.07) is 5.81. The third-order valence-corrected chi connectivity index (χ3v) is 5.12. The number of halogens is 1. The van der Waals surface area contributed by atoms with Crippen LogP contribution in [0.4, 0.5) is 0 Å². The van der Waals surface area contributed by atoms with Crippen LogP contribution in [0.2, 0.25) is 0 Å². The van der Waals surface area contributed by atoms with Crippen molar-refractivity contribution in [2.75, 3.05) is 6.54 Å². The zero-order valence-electron chi connectivity index (χ0n) is 10.0. The van der Waals surface area contributed by atoms with E-state index >= 15 is 0 Å². The molecule has 0 bridgehead atoms. The lowest BCUT2D eigenvalue weighted by Crippen LogP contribution is -2.19. The van der Waals surface area contributed by atoms with Crippen molar-refractivity contribution in [3.8, 4) is 0 Å². The molecular formula is C13H15BrN2OS. The Kier molecular flexibility index (Phi) is 4.50. The molecule has 0 aliphatic rings. The van der Waals surface area contributed by atoms with Gasteiger partial charge in [0.15, 0.2) is 0 Å². The van der Waals surface area contributed by atoms with E-state index in [9.17, 15) is 5.11 Å². The molecule has 3 N–H and O–H groups in total. The first-order chi connectivity index (χ1) is 8.63. The number of hydrogen-bond acceptors (Lipinski definition) is 4. The predicted molar refractivity (Wildman–Crippen MR) is 77.7 cm³/mol. The molecule has 0 aliphatic carbocycles. The highest BCUT2D eigenvalue weighted by Crippen LogP contribution is 2.37. The van der Waals surface area contributed by atoms with Crippen molar-refractivity contribution in [1.82, 2.24) is 4.98 Å². The second-order valence-corrected chi connectivity index (χ2v) is 6.58. The van der Waals surface area contributed by atoms with Gasteiger partial charge in [-0.1, -0.05) is 6.07 Å². The Morgan fingerprint density at radius 2 is 2.33 bits per heavy atom. The molecule has 2 unspecified atom stereocenters. The highest BCUT2D eigenvalue weighted by molar-refractivity contribution is 9.11. The van der Waals surface area contributed by atoms with Crippen molar-refractivity contribution < 1.29 is 5.11 Å². The molecule has 18 heavy (non-hydrogen) atoms. The molecule has 2 heterocycles.